The lowest BCUT2D eigenvalue weighted by Crippen LogP contribution is -2.44. The van der Waals surface area contributed by atoms with E-state index in [1.54, 1.807) is 0 Å². The van der Waals surface area contributed by atoms with Gasteiger partial charge in [0.2, 0.25) is 11.8 Å². The molecular weight excluding hydrogens is 306 g/mol. The number of morpholine rings is 1. The van der Waals surface area contributed by atoms with Gasteiger partial charge in [-0.1, -0.05) is 19.1 Å². The molecule has 0 radical (unpaired) electrons. The van der Waals surface area contributed by atoms with E-state index in [1.807, 2.05) is 12.1 Å². The van der Waals surface area contributed by atoms with Crippen LogP contribution >= 0.6 is 0 Å². The molecular formula is C18H25N3O3. The largest absolute Gasteiger partial charge is 0.378 e. The average Bonchev–Trinajstić information content (AvgIpc) is 2.90. The van der Waals surface area contributed by atoms with Gasteiger partial charge in [-0.05, 0) is 30.0 Å². The number of amides is 2. The molecule has 0 saturated carbocycles. The van der Waals surface area contributed by atoms with Crippen LogP contribution in [0.15, 0.2) is 18.2 Å². The summed E-state index contributed by atoms with van der Waals surface area (Å²) in [4.78, 5) is 24.2. The van der Waals surface area contributed by atoms with Crippen molar-refractivity contribution >= 4 is 17.5 Å². The summed E-state index contributed by atoms with van der Waals surface area (Å²) in [6.07, 6.45) is 1.97. The van der Waals surface area contributed by atoms with Gasteiger partial charge < -0.3 is 20.7 Å². The van der Waals surface area contributed by atoms with E-state index in [9.17, 15) is 9.59 Å². The normalized spacial score (nSPS) is 22.8. The van der Waals surface area contributed by atoms with Crippen LogP contribution in [-0.2, 0) is 20.7 Å². The third kappa shape index (κ3) is 3.94. The van der Waals surface area contributed by atoms with E-state index >= 15 is 0 Å². The summed E-state index contributed by atoms with van der Waals surface area (Å²) in [7, 11) is 0. The summed E-state index contributed by atoms with van der Waals surface area (Å²) in [5, 5.41) is 9.11. The molecule has 130 valence electrons. The molecule has 1 aromatic carbocycles. The number of ether oxygens (including phenoxy) is 1. The smallest absolute Gasteiger partial charge is 0.232 e. The number of carbonyl (C=O) groups excluding carboxylic acids is 2. The summed E-state index contributed by atoms with van der Waals surface area (Å²) >= 11 is 0. The van der Waals surface area contributed by atoms with Crippen molar-refractivity contribution in [3.05, 3.63) is 29.3 Å². The van der Waals surface area contributed by atoms with Crippen LogP contribution in [0.1, 0.15) is 36.8 Å². The number of hydrogen-bond acceptors (Lipinski definition) is 4. The molecule has 0 spiro atoms. The highest BCUT2D eigenvalue weighted by Gasteiger charge is 2.30. The van der Waals surface area contributed by atoms with E-state index in [1.165, 1.54) is 5.56 Å². The Hall–Kier alpha value is -1.92. The number of rotatable bonds is 6. The van der Waals surface area contributed by atoms with Crippen molar-refractivity contribution in [2.45, 2.75) is 38.1 Å². The second kappa shape index (κ2) is 7.77. The zero-order valence-electron chi connectivity index (χ0n) is 14.1. The SMILES string of the molecule is CCc1ccc2c(c1)C(CCNC(=O)CC1COCCN1)C(=O)N2. The molecule has 1 fully saturated rings. The predicted molar refractivity (Wildman–Crippen MR) is 92.0 cm³/mol. The monoisotopic (exact) mass is 331 g/mol. The van der Waals surface area contributed by atoms with Crippen molar-refractivity contribution in [1.29, 1.82) is 0 Å². The maximum absolute atomic E-state index is 12.2. The van der Waals surface area contributed by atoms with Crippen molar-refractivity contribution in [3.8, 4) is 0 Å². The van der Waals surface area contributed by atoms with Gasteiger partial charge in [0.05, 0.1) is 19.1 Å². The maximum Gasteiger partial charge on any atom is 0.232 e. The van der Waals surface area contributed by atoms with E-state index in [4.69, 9.17) is 4.74 Å². The number of benzene rings is 1. The number of anilines is 1. The van der Waals surface area contributed by atoms with Crippen molar-refractivity contribution < 1.29 is 14.3 Å². The molecule has 2 heterocycles. The highest BCUT2D eigenvalue weighted by Crippen LogP contribution is 2.35. The van der Waals surface area contributed by atoms with Gasteiger partial charge in [0.1, 0.15) is 0 Å². The minimum Gasteiger partial charge on any atom is -0.378 e. The predicted octanol–water partition coefficient (Wildman–Crippen LogP) is 1.17. The van der Waals surface area contributed by atoms with E-state index in [-0.39, 0.29) is 23.8 Å². The maximum atomic E-state index is 12.2. The van der Waals surface area contributed by atoms with Crippen LogP contribution in [0.3, 0.4) is 0 Å². The summed E-state index contributed by atoms with van der Waals surface area (Å²) in [6, 6.07) is 6.20. The minimum absolute atomic E-state index is 0.000984. The second-order valence-corrected chi connectivity index (χ2v) is 6.39. The first-order valence-electron chi connectivity index (χ1n) is 8.69. The minimum atomic E-state index is -0.178. The third-order valence-electron chi connectivity index (χ3n) is 4.66. The van der Waals surface area contributed by atoms with Gasteiger partial charge in [-0.3, -0.25) is 9.59 Å². The van der Waals surface area contributed by atoms with Crippen LogP contribution in [0.5, 0.6) is 0 Å². The molecule has 0 aliphatic carbocycles. The standard InChI is InChI=1S/C18H25N3O3/c1-2-12-3-4-16-15(9-12)14(18(23)21-16)5-6-20-17(22)10-13-11-24-8-7-19-13/h3-4,9,13-14,19H,2,5-8,10-11H2,1H3,(H,20,22)(H,21,23). The Balaban J connectivity index is 1.50. The van der Waals surface area contributed by atoms with Crippen molar-refractivity contribution in [2.75, 3.05) is 31.6 Å². The summed E-state index contributed by atoms with van der Waals surface area (Å²) < 4.78 is 5.35. The van der Waals surface area contributed by atoms with Crippen molar-refractivity contribution in [2.24, 2.45) is 0 Å². The van der Waals surface area contributed by atoms with Gasteiger partial charge >= 0.3 is 0 Å². The Kier molecular flexibility index (Phi) is 5.48. The number of fused-ring (bicyclic) bond motifs is 1. The van der Waals surface area contributed by atoms with Crippen molar-refractivity contribution in [3.63, 3.8) is 0 Å². The first-order valence-corrected chi connectivity index (χ1v) is 8.69. The Morgan fingerprint density at radius 1 is 1.42 bits per heavy atom. The molecule has 3 N–H and O–H groups in total. The van der Waals surface area contributed by atoms with Crippen LogP contribution in [-0.4, -0.2) is 44.2 Å². The van der Waals surface area contributed by atoms with Gasteiger partial charge in [0, 0.05) is 31.2 Å². The quantitative estimate of drug-likeness (QED) is 0.731. The molecule has 2 atom stereocenters. The molecule has 1 saturated heterocycles. The van der Waals surface area contributed by atoms with Crippen molar-refractivity contribution in [1.82, 2.24) is 10.6 Å². The summed E-state index contributed by atoms with van der Waals surface area (Å²) in [5.74, 6) is -0.156. The van der Waals surface area contributed by atoms with Gasteiger partial charge in [0.15, 0.2) is 0 Å². The Morgan fingerprint density at radius 3 is 3.04 bits per heavy atom. The van der Waals surface area contributed by atoms with E-state index in [2.05, 4.69) is 28.9 Å². The first-order chi connectivity index (χ1) is 11.7. The fourth-order valence-corrected chi connectivity index (χ4v) is 3.28. The molecule has 24 heavy (non-hydrogen) atoms. The zero-order chi connectivity index (χ0) is 16.9. The van der Waals surface area contributed by atoms with E-state index in [0.29, 0.717) is 32.6 Å². The molecule has 1 aromatic rings. The lowest BCUT2D eigenvalue weighted by molar-refractivity contribution is -0.122. The second-order valence-electron chi connectivity index (χ2n) is 6.39. The molecule has 0 bridgehead atoms. The van der Waals surface area contributed by atoms with E-state index in [0.717, 1.165) is 24.2 Å². The molecule has 0 aromatic heterocycles. The molecule has 6 heteroatoms. The zero-order valence-corrected chi connectivity index (χ0v) is 14.1. The highest BCUT2D eigenvalue weighted by atomic mass is 16.5. The lowest BCUT2D eigenvalue weighted by Gasteiger charge is -2.23. The Bertz CT molecular complexity index is 612. The van der Waals surface area contributed by atoms with Crippen LogP contribution in [0.4, 0.5) is 5.69 Å². The van der Waals surface area contributed by atoms with Crippen LogP contribution in [0, 0.1) is 0 Å². The first kappa shape index (κ1) is 16.9. The average molecular weight is 331 g/mol. The number of nitrogens with one attached hydrogen (secondary N) is 3. The van der Waals surface area contributed by atoms with Gasteiger partial charge in [0.25, 0.3) is 0 Å². The van der Waals surface area contributed by atoms with Gasteiger partial charge in [-0.15, -0.1) is 0 Å². The lowest BCUT2D eigenvalue weighted by atomic mass is 9.95. The summed E-state index contributed by atoms with van der Waals surface area (Å²) in [6.45, 7) is 4.67. The highest BCUT2D eigenvalue weighted by molar-refractivity contribution is 6.02. The molecule has 2 aliphatic rings. The van der Waals surface area contributed by atoms with Crippen LogP contribution < -0.4 is 16.0 Å². The summed E-state index contributed by atoms with van der Waals surface area (Å²) in [5.41, 5.74) is 3.18. The molecule has 2 aliphatic heterocycles. The fourth-order valence-electron chi connectivity index (χ4n) is 3.28. The van der Waals surface area contributed by atoms with E-state index < -0.39 is 0 Å². The fraction of sp³-hybridized carbons (Fsp3) is 0.556. The van der Waals surface area contributed by atoms with Crippen LogP contribution in [0.2, 0.25) is 0 Å². The van der Waals surface area contributed by atoms with Gasteiger partial charge in [-0.25, -0.2) is 0 Å². The molecule has 6 nitrogen and oxygen atoms in total. The number of carbonyl (C=O) groups is 2. The Morgan fingerprint density at radius 2 is 2.29 bits per heavy atom. The number of aryl methyl sites for hydroxylation is 1. The Labute approximate surface area is 142 Å². The van der Waals surface area contributed by atoms with Gasteiger partial charge in [-0.2, -0.15) is 0 Å². The molecule has 2 unspecified atom stereocenters. The topological polar surface area (TPSA) is 79.5 Å². The van der Waals surface area contributed by atoms with Crippen LogP contribution in [0.25, 0.3) is 0 Å². The number of hydrogen-bond donors (Lipinski definition) is 3. The molecule has 3 rings (SSSR count). The third-order valence-corrected chi connectivity index (χ3v) is 4.66. The molecule has 2 amide bonds.